The van der Waals surface area contributed by atoms with Crippen LogP contribution in [0.15, 0.2) is 48.8 Å². The number of nitrogens with zero attached hydrogens (tertiary/aromatic N) is 1. The number of halogens is 7. The zero-order valence-electron chi connectivity index (χ0n) is 24.6. The highest BCUT2D eigenvalue weighted by Gasteiger charge is 2.33. The van der Waals surface area contributed by atoms with Gasteiger partial charge in [-0.15, -0.1) is 0 Å². The van der Waals surface area contributed by atoms with E-state index in [0.29, 0.717) is 23.1 Å². The number of nitrogens with one attached hydrogen (secondary N) is 1. The highest BCUT2D eigenvalue weighted by atomic mass is 35.5. The summed E-state index contributed by atoms with van der Waals surface area (Å²) in [5.41, 5.74) is -2.40. The molecule has 0 radical (unpaired) electrons. The highest BCUT2D eigenvalue weighted by molar-refractivity contribution is 7.92. The second kappa shape index (κ2) is 15.0. The first-order chi connectivity index (χ1) is 22.4. The van der Waals surface area contributed by atoms with Gasteiger partial charge >= 0.3 is 24.7 Å². The van der Waals surface area contributed by atoms with Crippen molar-refractivity contribution in [1.29, 1.82) is 0 Å². The molecule has 48 heavy (non-hydrogen) atoms. The summed E-state index contributed by atoms with van der Waals surface area (Å²) >= 11 is 12.4. The number of pyridine rings is 1. The van der Waals surface area contributed by atoms with Crippen molar-refractivity contribution in [3.63, 3.8) is 0 Å². The minimum Gasteiger partial charge on any atom is -0.619 e. The van der Waals surface area contributed by atoms with Crippen LogP contribution in [-0.4, -0.2) is 46.4 Å². The van der Waals surface area contributed by atoms with E-state index >= 15 is 0 Å². The van der Waals surface area contributed by atoms with E-state index in [4.69, 9.17) is 37.4 Å². The first-order valence-corrected chi connectivity index (χ1v) is 16.4. The molecule has 1 saturated carbocycles. The van der Waals surface area contributed by atoms with Crippen LogP contribution < -0.4 is 18.9 Å². The van der Waals surface area contributed by atoms with Crippen LogP contribution >= 0.6 is 23.2 Å². The zero-order chi connectivity index (χ0) is 35.4. The SMILES string of the molecule is CS(=O)(=O)Nc1cc(C(=O)OCC(=O)OC(Cc2c(Cl)c[n+]([O-])cc2Cl)c2ccc(OC(F)F)c(OCC3CC3)c2)cc(C(F)(F)F)c1. The van der Waals surface area contributed by atoms with Crippen LogP contribution in [0.5, 0.6) is 11.5 Å². The third-order valence-corrected chi connectivity index (χ3v) is 7.83. The third-order valence-electron chi connectivity index (χ3n) is 6.57. The van der Waals surface area contributed by atoms with E-state index < -0.39 is 64.3 Å². The Morgan fingerprint density at radius 3 is 2.31 bits per heavy atom. The fraction of sp³-hybridized carbons (Fsp3) is 0.345. The predicted octanol–water partition coefficient (Wildman–Crippen LogP) is 6.09. The Kier molecular flexibility index (Phi) is 11.5. The van der Waals surface area contributed by atoms with E-state index in [2.05, 4.69) is 4.74 Å². The van der Waals surface area contributed by atoms with Gasteiger partial charge in [0.2, 0.25) is 10.0 Å². The van der Waals surface area contributed by atoms with E-state index in [1.807, 2.05) is 4.72 Å². The van der Waals surface area contributed by atoms with Crippen molar-refractivity contribution in [1.82, 2.24) is 0 Å². The molecule has 0 bridgehead atoms. The molecule has 3 aromatic rings. The number of rotatable bonds is 14. The molecule has 4 rings (SSSR count). The van der Waals surface area contributed by atoms with Gasteiger partial charge in [0.15, 0.2) is 30.5 Å². The number of carbonyl (C=O) groups excluding carboxylic acids is 2. The molecule has 0 aliphatic heterocycles. The Hall–Kier alpha value is -4.09. The van der Waals surface area contributed by atoms with Crippen LogP contribution in [0.1, 0.15) is 46.0 Å². The molecule has 1 heterocycles. The molecule has 2 aromatic carbocycles. The molecule has 1 N–H and O–H groups in total. The third kappa shape index (κ3) is 10.7. The molecule has 11 nitrogen and oxygen atoms in total. The van der Waals surface area contributed by atoms with Crippen LogP contribution in [0.25, 0.3) is 0 Å². The summed E-state index contributed by atoms with van der Waals surface area (Å²) < 4.78 is 112. The van der Waals surface area contributed by atoms with E-state index in [-0.39, 0.29) is 51.6 Å². The number of carbonyl (C=O) groups is 2. The van der Waals surface area contributed by atoms with E-state index in [0.717, 1.165) is 37.4 Å². The van der Waals surface area contributed by atoms with Crippen LogP contribution in [0, 0.1) is 11.1 Å². The maximum Gasteiger partial charge on any atom is 0.416 e. The molecule has 1 aliphatic rings. The molecular weight excluding hydrogens is 718 g/mol. The second-order valence-corrected chi connectivity index (χ2v) is 13.1. The van der Waals surface area contributed by atoms with Crippen molar-refractivity contribution in [2.24, 2.45) is 5.92 Å². The number of sulfonamides is 1. The molecule has 260 valence electrons. The number of benzene rings is 2. The number of esters is 2. The molecule has 1 aliphatic carbocycles. The van der Waals surface area contributed by atoms with Crippen LogP contribution in [0.3, 0.4) is 0 Å². The summed E-state index contributed by atoms with van der Waals surface area (Å²) in [6.45, 7) is -4.12. The van der Waals surface area contributed by atoms with Gasteiger partial charge in [-0.05, 0) is 54.7 Å². The predicted molar refractivity (Wildman–Crippen MR) is 159 cm³/mol. The van der Waals surface area contributed by atoms with Gasteiger partial charge in [0.25, 0.3) is 0 Å². The summed E-state index contributed by atoms with van der Waals surface area (Å²) in [5.74, 6) is -2.83. The molecule has 1 atom stereocenters. The Labute approximate surface area is 280 Å². The van der Waals surface area contributed by atoms with Crippen LogP contribution in [0.4, 0.5) is 27.6 Å². The number of hydrogen-bond donors (Lipinski definition) is 1. The van der Waals surface area contributed by atoms with Gasteiger partial charge in [0, 0.05) is 17.7 Å². The Morgan fingerprint density at radius 1 is 1.06 bits per heavy atom. The average Bonchev–Trinajstić information content (AvgIpc) is 3.79. The van der Waals surface area contributed by atoms with Crippen molar-refractivity contribution in [2.75, 3.05) is 24.2 Å². The van der Waals surface area contributed by atoms with Crippen molar-refractivity contribution < 1.29 is 63.6 Å². The number of hydrogen-bond acceptors (Lipinski definition) is 9. The minimum atomic E-state index is -4.97. The maximum absolute atomic E-state index is 13.4. The van der Waals surface area contributed by atoms with Crippen LogP contribution in [0.2, 0.25) is 10.0 Å². The van der Waals surface area contributed by atoms with E-state index in [1.165, 1.54) is 12.1 Å². The van der Waals surface area contributed by atoms with Gasteiger partial charge in [-0.25, -0.2) is 18.0 Å². The van der Waals surface area contributed by atoms with Gasteiger partial charge in [-0.1, -0.05) is 29.3 Å². The minimum absolute atomic E-state index is 0.0992. The van der Waals surface area contributed by atoms with Gasteiger partial charge in [-0.2, -0.15) is 26.7 Å². The van der Waals surface area contributed by atoms with E-state index in [1.54, 1.807) is 0 Å². The number of ether oxygens (including phenoxy) is 4. The van der Waals surface area contributed by atoms with Crippen molar-refractivity contribution >= 4 is 50.9 Å². The number of aromatic nitrogens is 1. The number of alkyl halides is 5. The first-order valence-electron chi connectivity index (χ1n) is 13.7. The molecule has 1 fully saturated rings. The van der Waals surface area contributed by atoms with Crippen molar-refractivity contribution in [3.05, 3.63) is 86.3 Å². The summed E-state index contributed by atoms with van der Waals surface area (Å²) in [5, 5.41) is 11.5. The fourth-order valence-electron chi connectivity index (χ4n) is 4.24. The zero-order valence-corrected chi connectivity index (χ0v) is 26.9. The Bertz CT molecular complexity index is 1770. The summed E-state index contributed by atoms with van der Waals surface area (Å²) in [6, 6.07) is 5.36. The Morgan fingerprint density at radius 2 is 1.73 bits per heavy atom. The molecule has 1 unspecified atom stereocenters. The van der Waals surface area contributed by atoms with Crippen LogP contribution in [-0.2, 0) is 36.9 Å². The second-order valence-electron chi connectivity index (χ2n) is 10.6. The summed E-state index contributed by atoms with van der Waals surface area (Å²) in [6.07, 6.45) is -2.17. The van der Waals surface area contributed by atoms with Crippen molar-refractivity contribution in [2.45, 2.75) is 38.2 Å². The molecule has 1 aromatic heterocycles. The normalized spacial score (nSPS) is 13.9. The van der Waals surface area contributed by atoms with Gasteiger partial charge in [-0.3, -0.25) is 4.72 Å². The molecular formula is C29H25Cl2F5N2O9S. The van der Waals surface area contributed by atoms with E-state index in [9.17, 15) is 45.2 Å². The summed E-state index contributed by atoms with van der Waals surface area (Å²) in [4.78, 5) is 25.6. The quantitative estimate of drug-likeness (QED) is 0.0898. The molecule has 0 saturated heterocycles. The topological polar surface area (TPSA) is 144 Å². The lowest BCUT2D eigenvalue weighted by Crippen LogP contribution is -2.26. The first kappa shape index (κ1) is 36.7. The standard InChI is InChI=1S/C29H25Cl2F5N2O9S/c1-48(42,43)37-19-7-17(6-18(9-19)29(34,35)36)27(40)45-14-26(39)46-24(10-20-21(30)11-38(41)12-22(20)31)16-4-5-23(47-28(32)33)25(8-16)44-13-15-2-3-15/h4-9,11-12,15,24,28,37H,2-3,10,13-14H2,1H3. The lowest BCUT2D eigenvalue weighted by molar-refractivity contribution is -0.605. The molecule has 0 spiro atoms. The lowest BCUT2D eigenvalue weighted by atomic mass is 10.0. The average molecular weight is 743 g/mol. The Balaban J connectivity index is 1.59. The lowest BCUT2D eigenvalue weighted by Gasteiger charge is -2.21. The molecule has 19 heteroatoms. The maximum atomic E-state index is 13.4. The van der Waals surface area contributed by atoms with Gasteiger partial charge in [0.1, 0.15) is 16.1 Å². The monoisotopic (exact) mass is 742 g/mol. The largest absolute Gasteiger partial charge is 0.619 e. The van der Waals surface area contributed by atoms with Gasteiger partial charge in [0.05, 0.1) is 24.0 Å². The van der Waals surface area contributed by atoms with Gasteiger partial charge < -0.3 is 24.2 Å². The summed E-state index contributed by atoms with van der Waals surface area (Å²) in [7, 11) is -4.03. The smallest absolute Gasteiger partial charge is 0.416 e. The fourth-order valence-corrected chi connectivity index (χ4v) is 5.39. The highest BCUT2D eigenvalue weighted by Crippen LogP contribution is 2.38. The number of anilines is 1. The molecule has 0 amide bonds. The van der Waals surface area contributed by atoms with Crippen molar-refractivity contribution in [3.8, 4) is 11.5 Å².